The van der Waals surface area contributed by atoms with Crippen LogP contribution in [0.25, 0.3) is 5.69 Å². The average molecular weight is 402 g/mol. The number of fused-ring (bicyclic) bond motifs is 1. The standard InChI is InChI=1S/C25H27N3O2/c1-5-17-7-6-8-20(13-17)28-25-23(16(4)27-28)21(14-22(29)26-25)24(30)19-11-9-18(10-12-19)15(2)3/h6-13,15,21H,5,14H2,1-4H3,(H,26,29). The second-order valence-electron chi connectivity index (χ2n) is 8.23. The first-order valence-corrected chi connectivity index (χ1v) is 10.5. The van der Waals surface area contributed by atoms with Gasteiger partial charge in [0.15, 0.2) is 5.78 Å². The van der Waals surface area contributed by atoms with Crippen molar-refractivity contribution < 1.29 is 9.59 Å². The lowest BCUT2D eigenvalue weighted by molar-refractivity contribution is -0.116. The molecule has 2 aromatic carbocycles. The van der Waals surface area contributed by atoms with Crippen LogP contribution in [-0.2, 0) is 11.2 Å². The molecule has 2 heterocycles. The maximum absolute atomic E-state index is 13.4. The zero-order chi connectivity index (χ0) is 21.4. The molecule has 154 valence electrons. The number of hydrogen-bond acceptors (Lipinski definition) is 3. The largest absolute Gasteiger partial charge is 0.310 e. The summed E-state index contributed by atoms with van der Waals surface area (Å²) < 4.78 is 1.75. The molecule has 1 amide bonds. The van der Waals surface area contributed by atoms with Gasteiger partial charge in [-0.1, -0.05) is 57.2 Å². The van der Waals surface area contributed by atoms with Crippen LogP contribution in [0.2, 0.25) is 0 Å². The van der Waals surface area contributed by atoms with E-state index < -0.39 is 5.92 Å². The first kappa shape index (κ1) is 20.1. The van der Waals surface area contributed by atoms with E-state index in [1.165, 1.54) is 11.1 Å². The minimum atomic E-state index is -0.526. The maximum Gasteiger partial charge on any atom is 0.226 e. The van der Waals surface area contributed by atoms with E-state index in [2.05, 4.69) is 43.3 Å². The molecular formula is C25H27N3O2. The molecule has 0 radical (unpaired) electrons. The topological polar surface area (TPSA) is 64.0 Å². The number of carbonyl (C=O) groups excluding carboxylic acids is 2. The second kappa shape index (κ2) is 7.90. The molecule has 0 aliphatic carbocycles. The number of aromatic nitrogens is 2. The molecular weight excluding hydrogens is 374 g/mol. The van der Waals surface area contributed by atoms with Gasteiger partial charge in [-0.25, -0.2) is 4.68 Å². The zero-order valence-electron chi connectivity index (χ0n) is 17.9. The molecule has 1 aliphatic heterocycles. The van der Waals surface area contributed by atoms with Crippen molar-refractivity contribution >= 4 is 17.5 Å². The summed E-state index contributed by atoms with van der Waals surface area (Å²) in [7, 11) is 0. The molecule has 0 saturated heterocycles. The fraction of sp³-hybridized carbons (Fsp3) is 0.320. The smallest absolute Gasteiger partial charge is 0.226 e. The first-order valence-electron chi connectivity index (χ1n) is 10.5. The fourth-order valence-corrected chi connectivity index (χ4v) is 4.10. The Kier molecular flexibility index (Phi) is 5.29. The van der Waals surface area contributed by atoms with Crippen molar-refractivity contribution in [2.45, 2.75) is 52.4 Å². The van der Waals surface area contributed by atoms with Crippen LogP contribution in [0, 0.1) is 6.92 Å². The molecule has 5 heteroatoms. The highest BCUT2D eigenvalue weighted by Crippen LogP contribution is 2.38. The molecule has 1 aliphatic rings. The third-order valence-electron chi connectivity index (χ3n) is 5.84. The lowest BCUT2D eigenvalue weighted by atomic mass is 9.85. The summed E-state index contributed by atoms with van der Waals surface area (Å²) in [5.41, 5.74) is 5.47. The number of anilines is 1. The van der Waals surface area contributed by atoms with Crippen LogP contribution in [0.15, 0.2) is 48.5 Å². The SMILES string of the molecule is CCc1cccc(-n2nc(C)c3c2NC(=O)CC3C(=O)c2ccc(C(C)C)cc2)c1. The number of amides is 1. The van der Waals surface area contributed by atoms with Gasteiger partial charge in [0.1, 0.15) is 5.82 Å². The molecule has 0 bridgehead atoms. The molecule has 0 saturated carbocycles. The number of hydrogen-bond donors (Lipinski definition) is 1. The predicted octanol–water partition coefficient (Wildman–Crippen LogP) is 5.18. The summed E-state index contributed by atoms with van der Waals surface area (Å²) in [6.45, 7) is 8.25. The molecule has 5 nitrogen and oxygen atoms in total. The van der Waals surface area contributed by atoms with Gasteiger partial charge in [0.25, 0.3) is 0 Å². The van der Waals surface area contributed by atoms with Crippen LogP contribution >= 0.6 is 0 Å². The van der Waals surface area contributed by atoms with Crippen molar-refractivity contribution in [3.63, 3.8) is 0 Å². The van der Waals surface area contributed by atoms with Crippen molar-refractivity contribution in [1.82, 2.24) is 9.78 Å². The summed E-state index contributed by atoms with van der Waals surface area (Å²) in [6, 6.07) is 15.8. The van der Waals surface area contributed by atoms with Gasteiger partial charge in [-0.15, -0.1) is 0 Å². The van der Waals surface area contributed by atoms with Crippen molar-refractivity contribution in [1.29, 1.82) is 0 Å². The molecule has 30 heavy (non-hydrogen) atoms. The maximum atomic E-state index is 13.4. The Labute approximate surface area is 177 Å². The molecule has 1 unspecified atom stereocenters. The summed E-state index contributed by atoms with van der Waals surface area (Å²) >= 11 is 0. The summed E-state index contributed by atoms with van der Waals surface area (Å²) in [5, 5.41) is 7.64. The van der Waals surface area contributed by atoms with Crippen LogP contribution < -0.4 is 5.32 Å². The molecule has 1 N–H and O–H groups in total. The predicted molar refractivity (Wildman–Crippen MR) is 119 cm³/mol. The quantitative estimate of drug-likeness (QED) is 0.600. The number of ketones is 1. The Bertz CT molecular complexity index is 1110. The van der Waals surface area contributed by atoms with E-state index in [-0.39, 0.29) is 18.1 Å². The minimum absolute atomic E-state index is 0.0358. The van der Waals surface area contributed by atoms with Gasteiger partial charge >= 0.3 is 0 Å². The van der Waals surface area contributed by atoms with Gasteiger partial charge in [-0.3, -0.25) is 9.59 Å². The monoisotopic (exact) mass is 401 g/mol. The lowest BCUT2D eigenvalue weighted by Gasteiger charge is -2.23. The van der Waals surface area contributed by atoms with E-state index in [4.69, 9.17) is 0 Å². The van der Waals surface area contributed by atoms with E-state index in [1.807, 2.05) is 43.3 Å². The van der Waals surface area contributed by atoms with Crippen molar-refractivity contribution in [2.24, 2.45) is 0 Å². The molecule has 1 atom stereocenters. The number of aryl methyl sites for hydroxylation is 2. The second-order valence-corrected chi connectivity index (χ2v) is 8.23. The molecule has 4 rings (SSSR count). The van der Waals surface area contributed by atoms with Crippen molar-refractivity contribution in [3.8, 4) is 5.69 Å². The minimum Gasteiger partial charge on any atom is -0.310 e. The Morgan fingerprint density at radius 3 is 2.60 bits per heavy atom. The Hall–Kier alpha value is -3.21. The Balaban J connectivity index is 1.76. The van der Waals surface area contributed by atoms with Crippen LogP contribution in [-0.4, -0.2) is 21.5 Å². The third-order valence-corrected chi connectivity index (χ3v) is 5.84. The number of Topliss-reactive ketones (excluding diaryl/α,β-unsaturated/α-hetero) is 1. The number of carbonyl (C=O) groups is 2. The normalized spacial score (nSPS) is 15.8. The van der Waals surface area contributed by atoms with Crippen LogP contribution in [0.5, 0.6) is 0 Å². The third kappa shape index (κ3) is 3.56. The van der Waals surface area contributed by atoms with Crippen LogP contribution in [0.4, 0.5) is 5.82 Å². The Morgan fingerprint density at radius 2 is 1.93 bits per heavy atom. The van der Waals surface area contributed by atoms with Gasteiger partial charge in [0.2, 0.25) is 5.91 Å². The van der Waals surface area contributed by atoms with Gasteiger partial charge in [-0.2, -0.15) is 5.10 Å². The zero-order valence-corrected chi connectivity index (χ0v) is 17.9. The molecule has 0 fully saturated rings. The van der Waals surface area contributed by atoms with Crippen LogP contribution in [0.1, 0.15) is 71.8 Å². The summed E-state index contributed by atoms with van der Waals surface area (Å²) in [5.74, 6) is 0.287. The highest BCUT2D eigenvalue weighted by molar-refractivity contribution is 6.08. The first-order chi connectivity index (χ1) is 14.4. The van der Waals surface area contributed by atoms with Crippen molar-refractivity contribution in [2.75, 3.05) is 5.32 Å². The Morgan fingerprint density at radius 1 is 1.20 bits per heavy atom. The van der Waals surface area contributed by atoms with Crippen molar-refractivity contribution in [3.05, 3.63) is 76.5 Å². The van der Waals surface area contributed by atoms with Gasteiger partial charge in [-0.05, 0) is 42.5 Å². The van der Waals surface area contributed by atoms with Crippen LogP contribution in [0.3, 0.4) is 0 Å². The lowest BCUT2D eigenvalue weighted by Crippen LogP contribution is -2.28. The summed E-state index contributed by atoms with van der Waals surface area (Å²) in [4.78, 5) is 25.9. The molecule has 0 spiro atoms. The van der Waals surface area contributed by atoms with Gasteiger partial charge < -0.3 is 5.32 Å². The average Bonchev–Trinajstić information content (AvgIpc) is 3.09. The van der Waals surface area contributed by atoms with Gasteiger partial charge in [0.05, 0.1) is 17.3 Å². The number of nitrogens with zero attached hydrogens (tertiary/aromatic N) is 2. The number of rotatable bonds is 5. The van der Waals surface area contributed by atoms with Gasteiger partial charge in [0, 0.05) is 17.5 Å². The molecule has 3 aromatic rings. The van der Waals surface area contributed by atoms with E-state index >= 15 is 0 Å². The van der Waals surface area contributed by atoms with E-state index in [1.54, 1.807) is 4.68 Å². The number of benzene rings is 2. The highest BCUT2D eigenvalue weighted by Gasteiger charge is 2.36. The highest BCUT2D eigenvalue weighted by atomic mass is 16.2. The fourth-order valence-electron chi connectivity index (χ4n) is 4.10. The van der Waals surface area contributed by atoms with E-state index in [0.29, 0.717) is 17.3 Å². The summed E-state index contributed by atoms with van der Waals surface area (Å²) in [6.07, 6.45) is 1.05. The van der Waals surface area contributed by atoms with E-state index in [9.17, 15) is 9.59 Å². The number of nitrogens with one attached hydrogen (secondary N) is 1. The van der Waals surface area contributed by atoms with E-state index in [0.717, 1.165) is 23.4 Å². The molecule has 1 aromatic heterocycles.